The molecule has 1 atom stereocenters. The molecule has 5 nitrogen and oxygen atoms in total. The molecule has 0 fully saturated rings. The molecule has 6 heteroatoms. The Morgan fingerprint density at radius 1 is 1.59 bits per heavy atom. The Balaban J connectivity index is 1.99. The van der Waals surface area contributed by atoms with Gasteiger partial charge in [0.1, 0.15) is 0 Å². The van der Waals surface area contributed by atoms with Crippen LogP contribution in [0.2, 0.25) is 0 Å². The fourth-order valence-corrected chi connectivity index (χ4v) is 2.67. The van der Waals surface area contributed by atoms with Gasteiger partial charge in [0.15, 0.2) is 0 Å². The van der Waals surface area contributed by atoms with Crippen LogP contribution in [0.5, 0.6) is 0 Å². The van der Waals surface area contributed by atoms with E-state index in [1.807, 2.05) is 37.1 Å². The van der Waals surface area contributed by atoms with E-state index in [2.05, 4.69) is 15.5 Å². The molecular weight excluding hydrogens is 234 g/mol. The second-order valence-electron chi connectivity index (χ2n) is 3.99. The van der Waals surface area contributed by atoms with E-state index in [1.165, 1.54) is 10.6 Å². The molecule has 17 heavy (non-hydrogen) atoms. The molecule has 2 rings (SSSR count). The molecule has 2 aromatic rings. The van der Waals surface area contributed by atoms with Crippen molar-refractivity contribution in [1.82, 2.24) is 20.2 Å². The molecule has 0 aliphatic heterocycles. The van der Waals surface area contributed by atoms with Gasteiger partial charge in [0.2, 0.25) is 0 Å². The largest absolute Gasteiger partial charge is 0.273 e. The van der Waals surface area contributed by atoms with E-state index in [4.69, 9.17) is 5.84 Å². The number of hydrazine groups is 1. The molecule has 0 radical (unpaired) electrons. The minimum absolute atomic E-state index is 0.163. The Morgan fingerprint density at radius 3 is 2.94 bits per heavy atom. The lowest BCUT2D eigenvalue weighted by atomic mass is 10.1. The number of nitrogens with zero attached hydrogens (tertiary/aromatic N) is 3. The van der Waals surface area contributed by atoms with Gasteiger partial charge in [-0.1, -0.05) is 0 Å². The monoisotopic (exact) mass is 251 g/mol. The summed E-state index contributed by atoms with van der Waals surface area (Å²) < 4.78 is 1.89. The van der Waals surface area contributed by atoms with Crippen molar-refractivity contribution in [2.24, 2.45) is 12.9 Å². The second kappa shape index (κ2) is 5.39. The Labute approximate surface area is 105 Å². The summed E-state index contributed by atoms with van der Waals surface area (Å²) in [5, 5.41) is 5.22. The summed E-state index contributed by atoms with van der Waals surface area (Å²) in [7, 11) is 1.96. The predicted molar refractivity (Wildman–Crippen MR) is 68.4 cm³/mol. The first-order chi connectivity index (χ1) is 8.20. The lowest BCUT2D eigenvalue weighted by molar-refractivity contribution is 0.513. The van der Waals surface area contributed by atoms with Crippen LogP contribution >= 0.6 is 11.3 Å². The summed E-state index contributed by atoms with van der Waals surface area (Å²) >= 11 is 1.69. The van der Waals surface area contributed by atoms with Crippen molar-refractivity contribution in [3.05, 3.63) is 34.0 Å². The van der Waals surface area contributed by atoms with Gasteiger partial charge in [-0.3, -0.25) is 16.0 Å². The molecule has 0 aliphatic carbocycles. The quantitative estimate of drug-likeness (QED) is 0.621. The number of rotatable bonds is 5. The van der Waals surface area contributed by atoms with Crippen LogP contribution in [0.3, 0.4) is 0 Å². The van der Waals surface area contributed by atoms with Crippen LogP contribution < -0.4 is 11.3 Å². The summed E-state index contributed by atoms with van der Waals surface area (Å²) in [6.45, 7) is 2.00. The van der Waals surface area contributed by atoms with Gasteiger partial charge >= 0.3 is 0 Å². The van der Waals surface area contributed by atoms with Crippen LogP contribution in [0.25, 0.3) is 0 Å². The summed E-state index contributed by atoms with van der Waals surface area (Å²) in [6.07, 6.45) is 5.60. The van der Waals surface area contributed by atoms with Crippen molar-refractivity contribution in [2.75, 3.05) is 0 Å². The molecule has 3 N–H and O–H groups in total. The van der Waals surface area contributed by atoms with Gasteiger partial charge in [-0.05, 0) is 25.8 Å². The molecule has 0 aliphatic rings. The normalized spacial score (nSPS) is 12.9. The Kier molecular flexibility index (Phi) is 3.88. The zero-order valence-electron chi connectivity index (χ0n) is 10.1. The highest BCUT2D eigenvalue weighted by Gasteiger charge is 2.13. The number of hydrogen-bond donors (Lipinski definition) is 2. The number of thiazole rings is 1. The first-order valence-corrected chi connectivity index (χ1v) is 6.37. The fourth-order valence-electron chi connectivity index (χ4n) is 1.79. The van der Waals surface area contributed by atoms with Crippen molar-refractivity contribution in [3.8, 4) is 0 Å². The number of aryl methyl sites for hydroxylation is 3. The molecule has 1 unspecified atom stereocenters. The van der Waals surface area contributed by atoms with E-state index in [1.54, 1.807) is 11.3 Å². The zero-order chi connectivity index (χ0) is 12.3. The molecule has 0 amide bonds. The summed E-state index contributed by atoms with van der Waals surface area (Å²) in [4.78, 5) is 5.44. The van der Waals surface area contributed by atoms with Gasteiger partial charge in [0.05, 0.1) is 11.0 Å². The van der Waals surface area contributed by atoms with E-state index in [0.717, 1.165) is 17.8 Å². The Bertz CT molecular complexity index is 476. The second-order valence-corrected chi connectivity index (χ2v) is 5.25. The van der Waals surface area contributed by atoms with Gasteiger partial charge in [-0.25, -0.2) is 4.98 Å². The third-order valence-electron chi connectivity index (χ3n) is 2.80. The molecule has 92 valence electrons. The van der Waals surface area contributed by atoms with E-state index in [-0.39, 0.29) is 6.04 Å². The molecule has 0 spiro atoms. The van der Waals surface area contributed by atoms with Gasteiger partial charge in [0.25, 0.3) is 0 Å². The van der Waals surface area contributed by atoms with Gasteiger partial charge in [0, 0.05) is 30.0 Å². The van der Waals surface area contributed by atoms with Crippen LogP contribution in [0.1, 0.15) is 28.0 Å². The number of hydrogen-bond acceptors (Lipinski definition) is 5. The molecule has 0 saturated heterocycles. The van der Waals surface area contributed by atoms with Crippen LogP contribution in [-0.4, -0.2) is 14.8 Å². The Morgan fingerprint density at radius 2 is 2.41 bits per heavy atom. The van der Waals surface area contributed by atoms with Crippen molar-refractivity contribution in [2.45, 2.75) is 25.8 Å². The number of nitrogens with two attached hydrogens (primary N) is 1. The highest BCUT2D eigenvalue weighted by molar-refractivity contribution is 7.11. The lowest BCUT2D eigenvalue weighted by Crippen LogP contribution is -2.28. The van der Waals surface area contributed by atoms with Crippen molar-refractivity contribution in [3.63, 3.8) is 0 Å². The molecule has 0 saturated carbocycles. The van der Waals surface area contributed by atoms with Crippen molar-refractivity contribution in [1.29, 1.82) is 0 Å². The number of aromatic nitrogens is 3. The van der Waals surface area contributed by atoms with E-state index < -0.39 is 0 Å². The number of nitrogens with one attached hydrogen (secondary N) is 1. The maximum atomic E-state index is 5.60. The van der Waals surface area contributed by atoms with E-state index in [0.29, 0.717) is 0 Å². The van der Waals surface area contributed by atoms with E-state index in [9.17, 15) is 0 Å². The average molecular weight is 251 g/mol. The first-order valence-electron chi connectivity index (χ1n) is 5.56. The summed E-state index contributed by atoms with van der Waals surface area (Å²) in [5.41, 5.74) is 4.07. The van der Waals surface area contributed by atoms with Crippen LogP contribution in [0.15, 0.2) is 18.5 Å². The maximum absolute atomic E-state index is 5.60. The molecule has 0 aromatic carbocycles. The average Bonchev–Trinajstić information content (AvgIpc) is 2.90. The first kappa shape index (κ1) is 12.2. The minimum Gasteiger partial charge on any atom is -0.273 e. The SMILES string of the molecule is Cc1ncc(C(CCc2ccnn2C)NN)s1. The third kappa shape index (κ3) is 2.91. The highest BCUT2D eigenvalue weighted by atomic mass is 32.1. The Hall–Kier alpha value is -1.24. The van der Waals surface area contributed by atoms with E-state index >= 15 is 0 Å². The summed E-state index contributed by atoms with van der Waals surface area (Å²) in [6, 6.07) is 2.20. The highest BCUT2D eigenvalue weighted by Crippen LogP contribution is 2.23. The van der Waals surface area contributed by atoms with Crippen LogP contribution in [-0.2, 0) is 13.5 Å². The van der Waals surface area contributed by atoms with Crippen LogP contribution in [0.4, 0.5) is 0 Å². The topological polar surface area (TPSA) is 68.8 Å². The standard InChI is InChI=1S/C11H17N5S/c1-8-13-7-11(17-8)10(15-12)4-3-9-5-6-14-16(9)2/h5-7,10,15H,3-4,12H2,1-2H3. The molecule has 0 bridgehead atoms. The lowest BCUT2D eigenvalue weighted by Gasteiger charge is -2.13. The van der Waals surface area contributed by atoms with Crippen molar-refractivity contribution < 1.29 is 0 Å². The van der Waals surface area contributed by atoms with Crippen molar-refractivity contribution >= 4 is 11.3 Å². The van der Waals surface area contributed by atoms with Crippen LogP contribution in [0, 0.1) is 6.92 Å². The fraction of sp³-hybridized carbons (Fsp3) is 0.455. The van der Waals surface area contributed by atoms with Gasteiger partial charge in [-0.2, -0.15) is 5.10 Å². The summed E-state index contributed by atoms with van der Waals surface area (Å²) in [5.74, 6) is 5.60. The third-order valence-corrected chi connectivity index (χ3v) is 3.82. The zero-order valence-corrected chi connectivity index (χ0v) is 10.9. The molecular formula is C11H17N5S. The maximum Gasteiger partial charge on any atom is 0.0897 e. The van der Waals surface area contributed by atoms with Gasteiger partial charge in [-0.15, -0.1) is 11.3 Å². The minimum atomic E-state index is 0.163. The predicted octanol–water partition coefficient (Wildman–Crippen LogP) is 1.32. The van der Waals surface area contributed by atoms with Gasteiger partial charge < -0.3 is 0 Å². The molecule has 2 aromatic heterocycles. The smallest absolute Gasteiger partial charge is 0.0897 e. The molecule has 2 heterocycles.